The molecule has 1 aromatic heterocycles. The van der Waals surface area contributed by atoms with E-state index in [2.05, 4.69) is 10.2 Å². The lowest BCUT2D eigenvalue weighted by molar-refractivity contribution is -0.120. The van der Waals surface area contributed by atoms with Crippen molar-refractivity contribution in [2.75, 3.05) is 55.7 Å². The van der Waals surface area contributed by atoms with Gasteiger partial charge in [-0.05, 0) is 12.1 Å². The molecule has 0 bridgehead atoms. The molecule has 1 N–H and O–H groups in total. The number of piperazine rings is 1. The van der Waals surface area contributed by atoms with Gasteiger partial charge in [0.1, 0.15) is 0 Å². The minimum atomic E-state index is 0.0270. The van der Waals surface area contributed by atoms with E-state index >= 15 is 0 Å². The van der Waals surface area contributed by atoms with Gasteiger partial charge < -0.3 is 19.9 Å². The van der Waals surface area contributed by atoms with E-state index in [1.54, 1.807) is 0 Å². The number of rotatable bonds is 2. The molecule has 0 aliphatic carbocycles. The monoisotopic (exact) mass is 313 g/mol. The normalized spacial score (nSPS) is 19.0. The van der Waals surface area contributed by atoms with Gasteiger partial charge in [0, 0.05) is 26.2 Å². The first-order valence-electron chi connectivity index (χ1n) is 7.92. The number of ether oxygens (including phenoxy) is 1. The molecular formula is C16H19N5O2. The van der Waals surface area contributed by atoms with Gasteiger partial charge in [0.05, 0.1) is 30.8 Å². The molecule has 23 heavy (non-hydrogen) atoms. The first kappa shape index (κ1) is 14.2. The van der Waals surface area contributed by atoms with Crippen LogP contribution in [-0.2, 0) is 9.53 Å². The fourth-order valence-corrected chi connectivity index (χ4v) is 3.00. The lowest BCUT2D eigenvalue weighted by atomic mass is 10.2. The average molecular weight is 313 g/mol. The number of nitrogens with one attached hydrogen (secondary N) is 1. The summed E-state index contributed by atoms with van der Waals surface area (Å²) >= 11 is 0. The van der Waals surface area contributed by atoms with Crippen molar-refractivity contribution in [1.82, 2.24) is 15.3 Å². The van der Waals surface area contributed by atoms with Crippen molar-refractivity contribution in [3.63, 3.8) is 0 Å². The number of nitrogens with zero attached hydrogens (tertiary/aromatic N) is 4. The third-order valence-corrected chi connectivity index (χ3v) is 4.18. The molecule has 0 radical (unpaired) electrons. The Morgan fingerprint density at radius 2 is 1.61 bits per heavy atom. The number of fused-ring (bicyclic) bond motifs is 1. The summed E-state index contributed by atoms with van der Waals surface area (Å²) in [6, 6.07) is 7.85. The molecule has 0 spiro atoms. The van der Waals surface area contributed by atoms with E-state index in [1.165, 1.54) is 0 Å². The van der Waals surface area contributed by atoms with Crippen molar-refractivity contribution in [3.05, 3.63) is 24.3 Å². The molecule has 2 aliphatic rings. The largest absolute Gasteiger partial charge is 0.378 e. The van der Waals surface area contributed by atoms with Gasteiger partial charge in [-0.2, -0.15) is 0 Å². The summed E-state index contributed by atoms with van der Waals surface area (Å²) in [6.45, 7) is 4.67. The molecule has 0 unspecified atom stereocenters. The Bertz CT molecular complexity index is 729. The van der Waals surface area contributed by atoms with Gasteiger partial charge >= 0.3 is 0 Å². The van der Waals surface area contributed by atoms with Gasteiger partial charge in [-0.25, -0.2) is 9.97 Å². The number of anilines is 2. The first-order chi connectivity index (χ1) is 11.3. The predicted molar refractivity (Wildman–Crippen MR) is 87.8 cm³/mol. The molecule has 1 amide bonds. The van der Waals surface area contributed by atoms with Crippen LogP contribution in [0.25, 0.3) is 11.0 Å². The molecule has 2 saturated heterocycles. The van der Waals surface area contributed by atoms with Crippen molar-refractivity contribution in [3.8, 4) is 0 Å². The number of hydrogen-bond acceptors (Lipinski definition) is 6. The fourth-order valence-electron chi connectivity index (χ4n) is 3.00. The van der Waals surface area contributed by atoms with E-state index < -0.39 is 0 Å². The molecule has 4 rings (SSSR count). The van der Waals surface area contributed by atoms with E-state index in [4.69, 9.17) is 14.7 Å². The van der Waals surface area contributed by atoms with E-state index in [0.29, 0.717) is 26.3 Å². The van der Waals surface area contributed by atoms with Crippen molar-refractivity contribution in [2.45, 2.75) is 0 Å². The Labute approximate surface area is 134 Å². The highest BCUT2D eigenvalue weighted by Gasteiger charge is 2.25. The average Bonchev–Trinajstić information content (AvgIpc) is 2.61. The van der Waals surface area contributed by atoms with Crippen molar-refractivity contribution in [1.29, 1.82) is 0 Å². The van der Waals surface area contributed by atoms with Gasteiger partial charge in [0.25, 0.3) is 0 Å². The molecule has 2 fully saturated rings. The van der Waals surface area contributed by atoms with Crippen LogP contribution in [0.15, 0.2) is 24.3 Å². The summed E-state index contributed by atoms with van der Waals surface area (Å²) in [7, 11) is 0. The van der Waals surface area contributed by atoms with Crippen LogP contribution in [0.4, 0.5) is 11.6 Å². The third kappa shape index (κ3) is 2.79. The quantitative estimate of drug-likeness (QED) is 0.865. The molecular weight excluding hydrogens is 294 g/mol. The van der Waals surface area contributed by atoms with Crippen molar-refractivity contribution in [2.24, 2.45) is 0 Å². The van der Waals surface area contributed by atoms with Crippen LogP contribution in [0.2, 0.25) is 0 Å². The zero-order valence-electron chi connectivity index (χ0n) is 12.9. The van der Waals surface area contributed by atoms with Gasteiger partial charge in [-0.15, -0.1) is 0 Å². The number of amides is 1. The second-order valence-electron chi connectivity index (χ2n) is 5.73. The maximum atomic E-state index is 11.8. The first-order valence-corrected chi connectivity index (χ1v) is 7.92. The number of aromatic nitrogens is 2. The van der Waals surface area contributed by atoms with Gasteiger partial charge in [0.15, 0.2) is 11.6 Å². The highest BCUT2D eigenvalue weighted by atomic mass is 16.5. The van der Waals surface area contributed by atoms with E-state index in [0.717, 1.165) is 42.3 Å². The summed E-state index contributed by atoms with van der Waals surface area (Å²) in [6.07, 6.45) is 0. The van der Waals surface area contributed by atoms with Crippen LogP contribution in [0.1, 0.15) is 0 Å². The maximum Gasteiger partial charge on any atom is 0.239 e. The molecule has 120 valence electrons. The zero-order chi connectivity index (χ0) is 15.6. The van der Waals surface area contributed by atoms with Gasteiger partial charge in [-0.1, -0.05) is 12.1 Å². The molecule has 1 aromatic carbocycles. The molecule has 0 atom stereocenters. The minimum absolute atomic E-state index is 0.0270. The molecule has 2 aromatic rings. The van der Waals surface area contributed by atoms with Gasteiger partial charge in [0.2, 0.25) is 5.91 Å². The summed E-state index contributed by atoms with van der Waals surface area (Å²) in [5.74, 6) is 1.67. The van der Waals surface area contributed by atoms with Crippen molar-refractivity contribution >= 4 is 28.6 Å². The maximum absolute atomic E-state index is 11.8. The number of morpholine rings is 1. The van der Waals surface area contributed by atoms with E-state index in [9.17, 15) is 4.79 Å². The lowest BCUT2D eigenvalue weighted by Crippen LogP contribution is -2.49. The smallest absolute Gasteiger partial charge is 0.239 e. The number of para-hydroxylation sites is 2. The highest BCUT2D eigenvalue weighted by Crippen LogP contribution is 2.29. The van der Waals surface area contributed by atoms with Crippen LogP contribution < -0.4 is 15.1 Å². The predicted octanol–water partition coefficient (Wildman–Crippen LogP) is 0.403. The Morgan fingerprint density at radius 3 is 2.26 bits per heavy atom. The van der Waals surface area contributed by atoms with Crippen molar-refractivity contribution < 1.29 is 9.53 Å². The van der Waals surface area contributed by atoms with Crippen LogP contribution in [0.3, 0.4) is 0 Å². The van der Waals surface area contributed by atoms with E-state index in [1.807, 2.05) is 29.2 Å². The SMILES string of the molecule is O=C1CN(c2nc3ccccc3nc2N2CCOCC2)CCN1. The number of benzene rings is 1. The van der Waals surface area contributed by atoms with Crippen LogP contribution >= 0.6 is 0 Å². The van der Waals surface area contributed by atoms with Crippen LogP contribution in [-0.4, -0.2) is 61.8 Å². The zero-order valence-corrected chi connectivity index (χ0v) is 12.9. The van der Waals surface area contributed by atoms with E-state index in [-0.39, 0.29) is 5.91 Å². The highest BCUT2D eigenvalue weighted by molar-refractivity contribution is 5.86. The molecule has 3 heterocycles. The Morgan fingerprint density at radius 1 is 0.957 bits per heavy atom. The second kappa shape index (κ2) is 6.00. The standard InChI is InChI=1S/C16H19N5O2/c22-14-11-21(6-5-17-14)16-15(20-7-9-23-10-8-20)18-12-3-1-2-4-13(12)19-16/h1-4H,5-11H2,(H,17,22). The fraction of sp³-hybridized carbons (Fsp3) is 0.438. The third-order valence-electron chi connectivity index (χ3n) is 4.18. The summed E-state index contributed by atoms with van der Waals surface area (Å²) in [4.78, 5) is 25.6. The second-order valence-corrected chi connectivity index (χ2v) is 5.73. The van der Waals surface area contributed by atoms with Gasteiger partial charge in [-0.3, -0.25) is 4.79 Å². The summed E-state index contributed by atoms with van der Waals surface area (Å²) < 4.78 is 5.44. The van der Waals surface area contributed by atoms with Crippen LogP contribution in [0, 0.1) is 0 Å². The summed E-state index contributed by atoms with van der Waals surface area (Å²) in [5.41, 5.74) is 1.73. The summed E-state index contributed by atoms with van der Waals surface area (Å²) in [5, 5.41) is 2.86. The number of carbonyl (C=O) groups excluding carboxylic acids is 1. The molecule has 2 aliphatic heterocycles. The number of hydrogen-bond donors (Lipinski definition) is 1. The topological polar surface area (TPSA) is 70.6 Å². The Balaban J connectivity index is 1.80. The Kier molecular flexibility index (Phi) is 3.70. The van der Waals surface area contributed by atoms with Crippen LogP contribution in [0.5, 0.6) is 0 Å². The molecule has 7 nitrogen and oxygen atoms in total. The minimum Gasteiger partial charge on any atom is -0.378 e. The molecule has 7 heteroatoms. The number of carbonyl (C=O) groups is 1. The lowest BCUT2D eigenvalue weighted by Gasteiger charge is -2.34. The Hall–Kier alpha value is -2.41. The molecule has 0 saturated carbocycles.